The minimum Gasteiger partial charge on any atom is -0.381 e. The molecule has 2 aliphatic rings. The lowest BCUT2D eigenvalue weighted by atomic mass is 9.74. The van der Waals surface area contributed by atoms with Gasteiger partial charge < -0.3 is 19.9 Å². The summed E-state index contributed by atoms with van der Waals surface area (Å²) in [4.78, 5) is 8.58. The summed E-state index contributed by atoms with van der Waals surface area (Å²) in [6.45, 7) is 4.90. The van der Waals surface area contributed by atoms with Crippen LogP contribution >= 0.6 is 0 Å². The molecule has 0 amide bonds. The third-order valence-corrected chi connectivity index (χ3v) is 6.46. The van der Waals surface area contributed by atoms with Crippen LogP contribution in [0.1, 0.15) is 18.4 Å². The molecule has 2 aromatic carbocycles. The fourth-order valence-corrected chi connectivity index (χ4v) is 4.59. The van der Waals surface area contributed by atoms with E-state index in [1.165, 1.54) is 17.7 Å². The molecule has 0 aliphatic carbocycles. The molecule has 2 aromatic rings. The summed E-state index contributed by atoms with van der Waals surface area (Å²) in [5.41, 5.74) is 1.67. The largest absolute Gasteiger partial charge is 0.381 e. The monoisotopic (exact) mass is 428 g/mol. The van der Waals surface area contributed by atoms with Crippen LogP contribution in [0.4, 0.5) is 14.5 Å². The molecule has 0 aromatic heterocycles. The van der Waals surface area contributed by atoms with E-state index in [0.717, 1.165) is 44.6 Å². The van der Waals surface area contributed by atoms with E-state index in [9.17, 15) is 8.78 Å². The van der Waals surface area contributed by atoms with Gasteiger partial charge in [0.1, 0.15) is 11.6 Å². The molecule has 0 bridgehead atoms. The number of ether oxygens (including phenoxy) is 1. The Morgan fingerprint density at radius 3 is 2.42 bits per heavy atom. The first-order valence-electron chi connectivity index (χ1n) is 10.9. The van der Waals surface area contributed by atoms with Crippen LogP contribution in [0.2, 0.25) is 0 Å². The van der Waals surface area contributed by atoms with Gasteiger partial charge in [-0.1, -0.05) is 30.3 Å². The number of guanidine groups is 1. The van der Waals surface area contributed by atoms with Crippen molar-refractivity contribution in [3.63, 3.8) is 0 Å². The highest BCUT2D eigenvalue weighted by Crippen LogP contribution is 2.34. The highest BCUT2D eigenvalue weighted by Gasteiger charge is 2.35. The maximum Gasteiger partial charge on any atom is 0.193 e. The number of rotatable bonds is 4. The molecule has 2 aliphatic heterocycles. The Labute approximate surface area is 182 Å². The van der Waals surface area contributed by atoms with Crippen molar-refractivity contribution in [2.75, 3.05) is 57.9 Å². The topological polar surface area (TPSA) is 40.1 Å². The second-order valence-electron chi connectivity index (χ2n) is 8.23. The van der Waals surface area contributed by atoms with E-state index < -0.39 is 5.82 Å². The minimum absolute atomic E-state index is 0.0158. The zero-order valence-electron chi connectivity index (χ0n) is 18.0. The molecule has 166 valence electrons. The SMILES string of the molecule is CN=C(NCC1(c2ccccc2)CCOCC1)N1CCN(c2cc(F)ccc2F)CC1. The second-order valence-corrected chi connectivity index (χ2v) is 8.23. The molecule has 0 radical (unpaired) electrons. The number of nitrogens with one attached hydrogen (secondary N) is 1. The van der Waals surface area contributed by atoms with Crippen molar-refractivity contribution in [3.05, 3.63) is 65.7 Å². The molecule has 1 N–H and O–H groups in total. The Kier molecular flexibility index (Phi) is 6.70. The van der Waals surface area contributed by atoms with Gasteiger partial charge in [0.05, 0.1) is 5.69 Å². The normalized spacial score (nSPS) is 19.4. The lowest BCUT2D eigenvalue weighted by molar-refractivity contribution is 0.0511. The van der Waals surface area contributed by atoms with Crippen LogP contribution in [0.3, 0.4) is 0 Å². The number of nitrogens with zero attached hydrogens (tertiary/aromatic N) is 3. The molecule has 0 spiro atoms. The van der Waals surface area contributed by atoms with E-state index >= 15 is 0 Å². The zero-order chi connectivity index (χ0) is 21.7. The number of hydrogen-bond acceptors (Lipinski definition) is 3. The van der Waals surface area contributed by atoms with Crippen LogP contribution in [0.25, 0.3) is 0 Å². The number of aliphatic imine (C=N–C) groups is 1. The Morgan fingerprint density at radius 1 is 1.03 bits per heavy atom. The third-order valence-electron chi connectivity index (χ3n) is 6.46. The standard InChI is InChI=1S/C24H30F2N4O/c1-27-23(28-18-24(9-15-31-16-10-24)19-5-3-2-4-6-19)30-13-11-29(12-14-30)22-17-20(25)7-8-21(22)26/h2-8,17H,9-16,18H2,1H3,(H,27,28). The van der Waals surface area contributed by atoms with E-state index in [4.69, 9.17) is 4.74 Å². The van der Waals surface area contributed by atoms with Crippen LogP contribution in [-0.4, -0.2) is 63.8 Å². The fraction of sp³-hybridized carbons (Fsp3) is 0.458. The molecular formula is C24H30F2N4O. The summed E-state index contributed by atoms with van der Waals surface area (Å²) in [7, 11) is 1.79. The molecule has 7 heteroatoms. The molecule has 4 rings (SSSR count). The molecule has 0 saturated carbocycles. The van der Waals surface area contributed by atoms with Crippen molar-refractivity contribution < 1.29 is 13.5 Å². The Morgan fingerprint density at radius 2 is 1.74 bits per heavy atom. The number of benzene rings is 2. The van der Waals surface area contributed by atoms with Crippen LogP contribution in [0.15, 0.2) is 53.5 Å². The van der Waals surface area contributed by atoms with Gasteiger partial charge in [0, 0.05) is 64.5 Å². The van der Waals surface area contributed by atoms with Crippen molar-refractivity contribution in [1.82, 2.24) is 10.2 Å². The van der Waals surface area contributed by atoms with Gasteiger partial charge in [-0.05, 0) is 30.5 Å². The van der Waals surface area contributed by atoms with Crippen molar-refractivity contribution >= 4 is 11.6 Å². The van der Waals surface area contributed by atoms with Crippen molar-refractivity contribution in [2.24, 2.45) is 4.99 Å². The summed E-state index contributed by atoms with van der Waals surface area (Å²) in [5.74, 6) is 0.0433. The molecule has 2 heterocycles. The van der Waals surface area contributed by atoms with Crippen LogP contribution in [-0.2, 0) is 10.2 Å². The van der Waals surface area contributed by atoms with Crippen molar-refractivity contribution in [2.45, 2.75) is 18.3 Å². The number of piperazine rings is 1. The quantitative estimate of drug-likeness (QED) is 0.599. The molecule has 31 heavy (non-hydrogen) atoms. The summed E-state index contributed by atoms with van der Waals surface area (Å²) >= 11 is 0. The molecule has 0 atom stereocenters. The average molecular weight is 429 g/mol. The smallest absolute Gasteiger partial charge is 0.193 e. The lowest BCUT2D eigenvalue weighted by Gasteiger charge is -2.41. The highest BCUT2D eigenvalue weighted by molar-refractivity contribution is 5.80. The number of anilines is 1. The molecular weight excluding hydrogens is 398 g/mol. The van der Waals surface area contributed by atoms with Crippen LogP contribution < -0.4 is 10.2 Å². The second kappa shape index (κ2) is 9.64. The predicted molar refractivity (Wildman–Crippen MR) is 120 cm³/mol. The van der Waals surface area contributed by atoms with Gasteiger partial charge in [-0.15, -0.1) is 0 Å². The average Bonchev–Trinajstić information content (AvgIpc) is 2.83. The Hall–Kier alpha value is -2.67. The van der Waals surface area contributed by atoms with E-state index in [0.29, 0.717) is 31.9 Å². The van der Waals surface area contributed by atoms with E-state index in [1.807, 2.05) is 11.0 Å². The third kappa shape index (κ3) is 4.82. The first-order valence-corrected chi connectivity index (χ1v) is 10.9. The number of hydrogen-bond donors (Lipinski definition) is 1. The van der Waals surface area contributed by atoms with Gasteiger partial charge in [0.25, 0.3) is 0 Å². The maximum absolute atomic E-state index is 14.1. The Bertz CT molecular complexity index is 892. The maximum atomic E-state index is 14.1. The summed E-state index contributed by atoms with van der Waals surface area (Å²) < 4.78 is 33.3. The van der Waals surface area contributed by atoms with Gasteiger partial charge in [-0.2, -0.15) is 0 Å². The molecule has 5 nitrogen and oxygen atoms in total. The van der Waals surface area contributed by atoms with Gasteiger partial charge in [-0.25, -0.2) is 8.78 Å². The van der Waals surface area contributed by atoms with Gasteiger partial charge in [0.2, 0.25) is 0 Å². The highest BCUT2D eigenvalue weighted by atomic mass is 19.1. The van der Waals surface area contributed by atoms with E-state index in [1.54, 1.807) is 7.05 Å². The molecule has 2 saturated heterocycles. The van der Waals surface area contributed by atoms with E-state index in [2.05, 4.69) is 39.5 Å². The number of halogens is 2. The van der Waals surface area contributed by atoms with Crippen LogP contribution in [0, 0.1) is 11.6 Å². The fourth-order valence-electron chi connectivity index (χ4n) is 4.59. The van der Waals surface area contributed by atoms with Gasteiger partial charge >= 0.3 is 0 Å². The summed E-state index contributed by atoms with van der Waals surface area (Å²) in [6, 6.07) is 14.2. The molecule has 0 unspecified atom stereocenters. The van der Waals surface area contributed by atoms with Crippen molar-refractivity contribution in [3.8, 4) is 0 Å². The van der Waals surface area contributed by atoms with Gasteiger partial charge in [-0.3, -0.25) is 4.99 Å². The first kappa shape index (κ1) is 21.6. The van der Waals surface area contributed by atoms with E-state index in [-0.39, 0.29) is 11.2 Å². The molecule has 2 fully saturated rings. The predicted octanol–water partition coefficient (Wildman–Crippen LogP) is 3.41. The van der Waals surface area contributed by atoms with Crippen molar-refractivity contribution in [1.29, 1.82) is 0 Å². The minimum atomic E-state index is -0.418. The summed E-state index contributed by atoms with van der Waals surface area (Å²) in [6.07, 6.45) is 1.93. The Balaban J connectivity index is 1.40. The van der Waals surface area contributed by atoms with Gasteiger partial charge in [0.15, 0.2) is 5.96 Å². The lowest BCUT2D eigenvalue weighted by Crippen LogP contribution is -2.55. The summed E-state index contributed by atoms with van der Waals surface area (Å²) in [5, 5.41) is 3.59. The van der Waals surface area contributed by atoms with Crippen LogP contribution in [0.5, 0.6) is 0 Å². The first-order chi connectivity index (χ1) is 15.1. The zero-order valence-corrected chi connectivity index (χ0v) is 18.0.